The fourth-order valence-electron chi connectivity index (χ4n) is 2.34. The van der Waals surface area contributed by atoms with Crippen molar-refractivity contribution in [2.24, 2.45) is 0 Å². The van der Waals surface area contributed by atoms with E-state index >= 15 is 0 Å². The summed E-state index contributed by atoms with van der Waals surface area (Å²) in [4.78, 5) is 20.2. The van der Waals surface area contributed by atoms with Crippen LogP contribution in [0, 0.1) is 0 Å². The van der Waals surface area contributed by atoms with Crippen molar-refractivity contribution >= 4 is 17.5 Å². The van der Waals surface area contributed by atoms with Crippen LogP contribution in [0.4, 0.5) is 0 Å². The van der Waals surface area contributed by atoms with Crippen molar-refractivity contribution in [2.75, 3.05) is 39.3 Å². The minimum Gasteiger partial charge on any atom is -0.355 e. The highest BCUT2D eigenvalue weighted by atomic mass is 35.5. The van der Waals surface area contributed by atoms with E-state index in [9.17, 15) is 4.79 Å². The molecule has 6 heteroatoms. The number of likely N-dealkylation sites (N-methyl/N-ethyl adjacent to an activating group) is 1. The molecule has 0 aliphatic carbocycles. The summed E-state index contributed by atoms with van der Waals surface area (Å²) in [6, 6.07) is 3.92. The summed E-state index contributed by atoms with van der Waals surface area (Å²) in [6.45, 7) is 7.67. The van der Waals surface area contributed by atoms with Gasteiger partial charge in [-0.15, -0.1) is 0 Å². The maximum Gasteiger partial charge on any atom is 0.234 e. The number of rotatable bonds is 5. The van der Waals surface area contributed by atoms with E-state index in [4.69, 9.17) is 11.6 Å². The molecule has 2 heterocycles. The Kier molecular flexibility index (Phi) is 5.76. The molecule has 1 amide bonds. The molecule has 0 atom stereocenters. The maximum absolute atomic E-state index is 11.5. The summed E-state index contributed by atoms with van der Waals surface area (Å²) in [5.74, 6) is 0.108. The lowest BCUT2D eigenvalue weighted by Crippen LogP contribution is -2.49. The Bertz CT molecular complexity index is 447. The van der Waals surface area contributed by atoms with E-state index in [2.05, 4.69) is 20.1 Å². The van der Waals surface area contributed by atoms with E-state index < -0.39 is 0 Å². The zero-order valence-corrected chi connectivity index (χ0v) is 12.6. The summed E-state index contributed by atoms with van der Waals surface area (Å²) in [5.41, 5.74) is 1.06. The van der Waals surface area contributed by atoms with Gasteiger partial charge in [-0.05, 0) is 13.0 Å². The minimum absolute atomic E-state index is 0.108. The standard InChI is InChI=1S/C14H21ClN4O/c1-2-16-13(20)11-19-8-6-18(7-9-19)10-12-4-3-5-17-14(12)15/h3-5H,2,6-11H2,1H3,(H,16,20). The fourth-order valence-corrected chi connectivity index (χ4v) is 2.52. The van der Waals surface area contributed by atoms with Crippen LogP contribution in [-0.4, -0.2) is 60.0 Å². The van der Waals surface area contributed by atoms with Gasteiger partial charge in [-0.1, -0.05) is 17.7 Å². The Morgan fingerprint density at radius 1 is 1.35 bits per heavy atom. The van der Waals surface area contributed by atoms with E-state index in [-0.39, 0.29) is 5.91 Å². The van der Waals surface area contributed by atoms with Gasteiger partial charge in [0.25, 0.3) is 0 Å². The van der Waals surface area contributed by atoms with Gasteiger partial charge < -0.3 is 5.32 Å². The van der Waals surface area contributed by atoms with Crippen molar-refractivity contribution in [3.8, 4) is 0 Å². The van der Waals surface area contributed by atoms with Crippen molar-refractivity contribution in [3.63, 3.8) is 0 Å². The van der Waals surface area contributed by atoms with Gasteiger partial charge in [0.05, 0.1) is 6.54 Å². The number of nitrogens with zero attached hydrogens (tertiary/aromatic N) is 3. The van der Waals surface area contributed by atoms with Crippen LogP contribution in [-0.2, 0) is 11.3 Å². The molecule has 0 saturated carbocycles. The monoisotopic (exact) mass is 296 g/mol. The van der Waals surface area contributed by atoms with Crippen molar-refractivity contribution in [2.45, 2.75) is 13.5 Å². The highest BCUT2D eigenvalue weighted by Crippen LogP contribution is 2.15. The topological polar surface area (TPSA) is 48.5 Å². The molecule has 0 spiro atoms. The Morgan fingerprint density at radius 2 is 2.05 bits per heavy atom. The Morgan fingerprint density at radius 3 is 2.70 bits per heavy atom. The molecule has 20 heavy (non-hydrogen) atoms. The highest BCUT2D eigenvalue weighted by Gasteiger charge is 2.19. The molecule has 1 N–H and O–H groups in total. The first kappa shape index (κ1) is 15.2. The van der Waals surface area contributed by atoms with E-state index in [0.717, 1.165) is 38.3 Å². The number of carbonyl (C=O) groups is 1. The van der Waals surface area contributed by atoms with Gasteiger partial charge in [-0.25, -0.2) is 4.98 Å². The summed E-state index contributed by atoms with van der Waals surface area (Å²) >= 11 is 6.07. The zero-order chi connectivity index (χ0) is 14.4. The third-order valence-corrected chi connectivity index (χ3v) is 3.78. The van der Waals surface area contributed by atoms with Crippen LogP contribution < -0.4 is 5.32 Å². The lowest BCUT2D eigenvalue weighted by molar-refractivity contribution is -0.122. The number of halogens is 1. The largest absolute Gasteiger partial charge is 0.355 e. The van der Waals surface area contributed by atoms with Crippen molar-refractivity contribution in [3.05, 3.63) is 29.0 Å². The normalized spacial score (nSPS) is 17.1. The molecule has 1 aromatic rings. The smallest absolute Gasteiger partial charge is 0.234 e. The second kappa shape index (κ2) is 7.57. The second-order valence-electron chi connectivity index (χ2n) is 4.96. The number of carbonyl (C=O) groups excluding carboxylic acids is 1. The van der Waals surface area contributed by atoms with Crippen LogP contribution in [0.2, 0.25) is 5.15 Å². The van der Waals surface area contributed by atoms with Gasteiger partial charge >= 0.3 is 0 Å². The quantitative estimate of drug-likeness (QED) is 0.823. The molecule has 1 saturated heterocycles. The van der Waals surface area contributed by atoms with Crippen molar-refractivity contribution < 1.29 is 4.79 Å². The third kappa shape index (κ3) is 4.44. The molecule has 1 aromatic heterocycles. The molecule has 110 valence electrons. The summed E-state index contributed by atoms with van der Waals surface area (Å²) in [5, 5.41) is 3.41. The summed E-state index contributed by atoms with van der Waals surface area (Å²) in [6.07, 6.45) is 1.70. The average Bonchev–Trinajstić information content (AvgIpc) is 2.44. The van der Waals surface area contributed by atoms with Crippen molar-refractivity contribution in [1.29, 1.82) is 0 Å². The van der Waals surface area contributed by atoms with Gasteiger partial charge in [0.15, 0.2) is 0 Å². The van der Waals surface area contributed by atoms with Crippen LogP contribution in [0.3, 0.4) is 0 Å². The first-order valence-electron chi connectivity index (χ1n) is 7.00. The number of nitrogens with one attached hydrogen (secondary N) is 1. The molecule has 0 aromatic carbocycles. The number of aromatic nitrogens is 1. The molecule has 5 nitrogen and oxygen atoms in total. The number of pyridine rings is 1. The lowest BCUT2D eigenvalue weighted by Gasteiger charge is -2.34. The predicted octanol–water partition coefficient (Wildman–Crippen LogP) is 0.989. The van der Waals surface area contributed by atoms with E-state index in [1.165, 1.54) is 0 Å². The SMILES string of the molecule is CCNC(=O)CN1CCN(Cc2cccnc2Cl)CC1. The Labute approximate surface area is 124 Å². The third-order valence-electron chi connectivity index (χ3n) is 3.44. The number of hydrogen-bond acceptors (Lipinski definition) is 4. The molecular formula is C14H21ClN4O. The molecule has 1 aliphatic heterocycles. The molecule has 1 aliphatic rings. The Balaban J connectivity index is 1.77. The van der Waals surface area contributed by atoms with E-state index in [1.54, 1.807) is 6.20 Å². The van der Waals surface area contributed by atoms with Gasteiger partial charge in [-0.2, -0.15) is 0 Å². The number of hydrogen-bond donors (Lipinski definition) is 1. The molecule has 0 radical (unpaired) electrons. The molecule has 1 fully saturated rings. The average molecular weight is 297 g/mol. The van der Waals surface area contributed by atoms with Crippen molar-refractivity contribution in [1.82, 2.24) is 20.1 Å². The second-order valence-corrected chi connectivity index (χ2v) is 5.32. The maximum atomic E-state index is 11.5. The first-order valence-corrected chi connectivity index (χ1v) is 7.37. The van der Waals surface area contributed by atoms with Crippen LogP contribution in [0.15, 0.2) is 18.3 Å². The van der Waals surface area contributed by atoms with Crippen LogP contribution >= 0.6 is 11.6 Å². The van der Waals surface area contributed by atoms with Crippen LogP contribution in [0.1, 0.15) is 12.5 Å². The predicted molar refractivity (Wildman–Crippen MR) is 79.6 cm³/mol. The number of piperazine rings is 1. The molecule has 0 unspecified atom stereocenters. The fraction of sp³-hybridized carbons (Fsp3) is 0.571. The Hall–Kier alpha value is -1.17. The molecule has 0 bridgehead atoms. The van der Waals surface area contributed by atoms with Gasteiger partial charge in [0.2, 0.25) is 5.91 Å². The molecular weight excluding hydrogens is 276 g/mol. The number of amides is 1. The molecule has 2 rings (SSSR count). The van der Waals surface area contributed by atoms with E-state index in [0.29, 0.717) is 18.2 Å². The highest BCUT2D eigenvalue weighted by molar-refractivity contribution is 6.30. The van der Waals surface area contributed by atoms with Crippen LogP contribution in [0.5, 0.6) is 0 Å². The zero-order valence-electron chi connectivity index (χ0n) is 11.8. The van der Waals surface area contributed by atoms with Crippen LogP contribution in [0.25, 0.3) is 0 Å². The minimum atomic E-state index is 0.108. The van der Waals surface area contributed by atoms with Gasteiger partial charge in [0.1, 0.15) is 5.15 Å². The van der Waals surface area contributed by atoms with Gasteiger partial charge in [-0.3, -0.25) is 14.6 Å². The lowest BCUT2D eigenvalue weighted by atomic mass is 10.2. The summed E-state index contributed by atoms with van der Waals surface area (Å²) in [7, 11) is 0. The first-order chi connectivity index (χ1) is 9.69. The van der Waals surface area contributed by atoms with E-state index in [1.807, 2.05) is 19.1 Å². The van der Waals surface area contributed by atoms with Gasteiger partial charge in [0, 0.05) is 51.0 Å². The summed E-state index contributed by atoms with van der Waals surface area (Å²) < 4.78 is 0.